The molecule has 1 aliphatic rings. The van der Waals surface area contributed by atoms with Crippen LogP contribution in [0.15, 0.2) is 18.2 Å². The number of amides is 1. The van der Waals surface area contributed by atoms with Crippen molar-refractivity contribution in [3.8, 4) is 0 Å². The number of nitrogens with zero attached hydrogens (tertiary/aromatic N) is 1. The molecule has 0 saturated carbocycles. The predicted octanol–water partition coefficient (Wildman–Crippen LogP) is 2.16. The predicted molar refractivity (Wildman–Crippen MR) is 79.3 cm³/mol. The van der Waals surface area contributed by atoms with Crippen molar-refractivity contribution in [3.05, 3.63) is 35.1 Å². The first kappa shape index (κ1) is 15.9. The minimum Gasteiger partial charge on any atom is -0.370 e. The smallest absolute Gasteiger partial charge is 0.239 e. The first-order chi connectivity index (χ1) is 10.0. The number of carbonyl (C=O) groups is 1. The van der Waals surface area contributed by atoms with E-state index in [9.17, 15) is 9.18 Å². The highest BCUT2D eigenvalue weighted by atomic mass is 19.1. The third kappa shape index (κ3) is 3.80. The van der Waals surface area contributed by atoms with Crippen LogP contribution in [0.1, 0.15) is 37.0 Å². The van der Waals surface area contributed by atoms with Crippen molar-refractivity contribution in [1.29, 1.82) is 0 Å². The van der Waals surface area contributed by atoms with Crippen molar-refractivity contribution in [2.75, 3.05) is 19.7 Å². The van der Waals surface area contributed by atoms with E-state index in [4.69, 9.17) is 10.5 Å². The third-order valence-corrected chi connectivity index (χ3v) is 3.85. The van der Waals surface area contributed by atoms with Gasteiger partial charge in [0.15, 0.2) is 0 Å². The minimum absolute atomic E-state index is 0.0241. The monoisotopic (exact) mass is 294 g/mol. The number of hydrogen-bond donors (Lipinski definition) is 1. The lowest BCUT2D eigenvalue weighted by Crippen LogP contribution is -2.49. The average molecular weight is 294 g/mol. The van der Waals surface area contributed by atoms with Gasteiger partial charge in [0, 0.05) is 6.54 Å². The second-order valence-corrected chi connectivity index (χ2v) is 5.55. The maximum atomic E-state index is 13.3. The molecule has 1 amide bonds. The molecule has 1 aliphatic heterocycles. The van der Waals surface area contributed by atoms with Gasteiger partial charge in [-0.3, -0.25) is 4.79 Å². The molecular weight excluding hydrogens is 271 g/mol. The summed E-state index contributed by atoms with van der Waals surface area (Å²) in [4.78, 5) is 14.0. The number of hydrogen-bond acceptors (Lipinski definition) is 3. The Labute approximate surface area is 125 Å². The summed E-state index contributed by atoms with van der Waals surface area (Å²) in [5.41, 5.74) is 7.39. The van der Waals surface area contributed by atoms with Crippen molar-refractivity contribution in [1.82, 2.24) is 4.90 Å². The number of ether oxygens (including phenoxy) is 1. The van der Waals surface area contributed by atoms with Crippen LogP contribution in [-0.4, -0.2) is 36.5 Å². The molecule has 116 valence electrons. The quantitative estimate of drug-likeness (QED) is 0.926. The molecule has 0 unspecified atom stereocenters. The molecule has 1 aromatic rings. The fourth-order valence-corrected chi connectivity index (χ4v) is 2.59. The Morgan fingerprint density at radius 3 is 3.00 bits per heavy atom. The Morgan fingerprint density at radius 1 is 1.57 bits per heavy atom. The lowest BCUT2D eigenvalue weighted by atomic mass is 10.0. The van der Waals surface area contributed by atoms with Crippen LogP contribution < -0.4 is 5.73 Å². The first-order valence-corrected chi connectivity index (χ1v) is 7.45. The highest BCUT2D eigenvalue weighted by Crippen LogP contribution is 2.24. The highest BCUT2D eigenvalue weighted by molar-refractivity contribution is 5.81. The summed E-state index contributed by atoms with van der Waals surface area (Å²) in [6.07, 6.45) is 1.37. The van der Waals surface area contributed by atoms with Crippen LogP contribution in [-0.2, 0) is 9.53 Å². The number of morpholine rings is 1. The minimum atomic E-state index is -0.441. The SMILES string of the molecule is CCC[C@H](N)C(=O)N1CCO[C@H](c2ccc(F)c(C)c2)C1. The summed E-state index contributed by atoms with van der Waals surface area (Å²) in [6, 6.07) is 4.49. The van der Waals surface area contributed by atoms with Gasteiger partial charge < -0.3 is 15.4 Å². The van der Waals surface area contributed by atoms with E-state index >= 15 is 0 Å². The second-order valence-electron chi connectivity index (χ2n) is 5.55. The zero-order chi connectivity index (χ0) is 15.4. The van der Waals surface area contributed by atoms with Crippen LogP contribution in [0.25, 0.3) is 0 Å². The van der Waals surface area contributed by atoms with E-state index < -0.39 is 6.04 Å². The third-order valence-electron chi connectivity index (χ3n) is 3.85. The van der Waals surface area contributed by atoms with E-state index in [1.807, 2.05) is 6.92 Å². The van der Waals surface area contributed by atoms with Gasteiger partial charge in [0.25, 0.3) is 0 Å². The van der Waals surface area contributed by atoms with Gasteiger partial charge in [-0.15, -0.1) is 0 Å². The van der Waals surface area contributed by atoms with Gasteiger partial charge in [0.05, 0.1) is 19.2 Å². The Kier molecular flexibility index (Phi) is 5.31. The number of nitrogens with two attached hydrogens (primary N) is 1. The van der Waals surface area contributed by atoms with Crippen molar-refractivity contribution in [2.24, 2.45) is 5.73 Å². The fraction of sp³-hybridized carbons (Fsp3) is 0.562. The second kappa shape index (κ2) is 7.00. The Bertz CT molecular complexity index is 507. The molecule has 2 rings (SSSR count). The molecule has 0 bridgehead atoms. The lowest BCUT2D eigenvalue weighted by molar-refractivity contribution is -0.140. The summed E-state index contributed by atoms with van der Waals surface area (Å²) in [5, 5.41) is 0. The molecule has 1 fully saturated rings. The van der Waals surface area contributed by atoms with Gasteiger partial charge in [-0.2, -0.15) is 0 Å². The molecule has 2 N–H and O–H groups in total. The molecule has 4 nitrogen and oxygen atoms in total. The zero-order valence-corrected chi connectivity index (χ0v) is 12.6. The van der Waals surface area contributed by atoms with Crippen LogP contribution >= 0.6 is 0 Å². The summed E-state index contributed by atoms with van der Waals surface area (Å²) in [5.74, 6) is -0.253. The van der Waals surface area contributed by atoms with Crippen LogP contribution in [0.5, 0.6) is 0 Å². The molecule has 1 aromatic carbocycles. The molecular formula is C16H23FN2O2. The number of benzene rings is 1. The molecule has 21 heavy (non-hydrogen) atoms. The van der Waals surface area contributed by atoms with Crippen LogP contribution in [0.2, 0.25) is 0 Å². The van der Waals surface area contributed by atoms with Crippen molar-refractivity contribution >= 4 is 5.91 Å². The first-order valence-electron chi connectivity index (χ1n) is 7.45. The van der Waals surface area contributed by atoms with Crippen LogP contribution in [0.4, 0.5) is 4.39 Å². The number of halogens is 1. The van der Waals surface area contributed by atoms with Gasteiger partial charge in [-0.25, -0.2) is 4.39 Å². The molecule has 5 heteroatoms. The molecule has 0 aromatic heterocycles. The normalized spacial score (nSPS) is 20.4. The van der Waals surface area contributed by atoms with Gasteiger partial charge in [-0.05, 0) is 30.5 Å². The molecule has 1 saturated heterocycles. The maximum absolute atomic E-state index is 13.3. The molecule has 0 radical (unpaired) electrons. The van der Waals surface area contributed by atoms with E-state index in [2.05, 4.69) is 0 Å². The standard InChI is InChI=1S/C16H23FN2O2/c1-3-4-14(18)16(20)19-7-8-21-15(10-19)12-5-6-13(17)11(2)9-12/h5-6,9,14-15H,3-4,7-8,10,18H2,1-2H3/t14-,15-/m0/s1. The van der Waals surface area contributed by atoms with Crippen molar-refractivity contribution < 1.29 is 13.9 Å². The van der Waals surface area contributed by atoms with Crippen molar-refractivity contribution in [3.63, 3.8) is 0 Å². The highest BCUT2D eigenvalue weighted by Gasteiger charge is 2.28. The Hall–Kier alpha value is -1.46. The summed E-state index contributed by atoms with van der Waals surface area (Å²) in [7, 11) is 0. The van der Waals surface area contributed by atoms with E-state index in [1.165, 1.54) is 6.07 Å². The number of rotatable bonds is 4. The fourth-order valence-electron chi connectivity index (χ4n) is 2.59. The lowest BCUT2D eigenvalue weighted by Gasteiger charge is -2.34. The van der Waals surface area contributed by atoms with Crippen LogP contribution in [0.3, 0.4) is 0 Å². The van der Waals surface area contributed by atoms with E-state index in [1.54, 1.807) is 24.0 Å². The molecule has 0 spiro atoms. The summed E-state index contributed by atoms with van der Waals surface area (Å²) >= 11 is 0. The summed E-state index contributed by atoms with van der Waals surface area (Å²) < 4.78 is 19.1. The zero-order valence-electron chi connectivity index (χ0n) is 12.6. The summed E-state index contributed by atoms with van der Waals surface area (Å²) in [6.45, 7) is 5.25. The largest absolute Gasteiger partial charge is 0.370 e. The van der Waals surface area contributed by atoms with Crippen LogP contribution in [0, 0.1) is 12.7 Å². The molecule has 0 aliphatic carbocycles. The van der Waals surface area contributed by atoms with E-state index in [0.29, 0.717) is 31.7 Å². The number of carbonyl (C=O) groups excluding carboxylic acids is 1. The topological polar surface area (TPSA) is 55.6 Å². The van der Waals surface area contributed by atoms with E-state index in [0.717, 1.165) is 12.0 Å². The van der Waals surface area contributed by atoms with Gasteiger partial charge in [0.1, 0.15) is 11.9 Å². The maximum Gasteiger partial charge on any atom is 0.239 e. The van der Waals surface area contributed by atoms with E-state index in [-0.39, 0.29) is 17.8 Å². The molecule has 1 heterocycles. The Balaban J connectivity index is 2.06. The van der Waals surface area contributed by atoms with Gasteiger partial charge in [-0.1, -0.05) is 25.5 Å². The van der Waals surface area contributed by atoms with Gasteiger partial charge in [0.2, 0.25) is 5.91 Å². The molecule has 2 atom stereocenters. The Morgan fingerprint density at radius 2 is 2.33 bits per heavy atom. The van der Waals surface area contributed by atoms with Gasteiger partial charge >= 0.3 is 0 Å². The number of aryl methyl sites for hydroxylation is 1. The average Bonchev–Trinajstić information content (AvgIpc) is 2.49. The van der Waals surface area contributed by atoms with Crippen molar-refractivity contribution in [2.45, 2.75) is 38.8 Å².